The Morgan fingerprint density at radius 2 is 1.92 bits per heavy atom. The smallest absolute Gasteiger partial charge is 0.125 e. The van der Waals surface area contributed by atoms with E-state index in [0.29, 0.717) is 5.69 Å². The first-order valence-corrected chi connectivity index (χ1v) is 8.73. The van der Waals surface area contributed by atoms with Gasteiger partial charge in [-0.15, -0.1) is 0 Å². The molecule has 3 heteroatoms. The summed E-state index contributed by atoms with van der Waals surface area (Å²) in [5.41, 5.74) is 6.66. The fourth-order valence-corrected chi connectivity index (χ4v) is 3.66. The van der Waals surface area contributed by atoms with E-state index in [9.17, 15) is 4.39 Å². The van der Waals surface area contributed by atoms with E-state index < -0.39 is 0 Å². The SMILES string of the molecule is CCN1c2cc(C)c(C=Nc3cccc(F)c3)cc2C(C)=CC1(C)C. The van der Waals surface area contributed by atoms with E-state index in [4.69, 9.17) is 0 Å². The minimum Gasteiger partial charge on any atom is -0.363 e. The fourth-order valence-electron chi connectivity index (χ4n) is 3.66. The molecule has 0 radical (unpaired) electrons. The van der Waals surface area contributed by atoms with Gasteiger partial charge >= 0.3 is 0 Å². The number of halogens is 1. The molecule has 2 nitrogen and oxygen atoms in total. The number of aryl methyl sites for hydroxylation is 1. The number of allylic oxidation sites excluding steroid dienone is 1. The van der Waals surface area contributed by atoms with Crippen LogP contribution in [0, 0.1) is 12.7 Å². The van der Waals surface area contributed by atoms with Gasteiger partial charge in [-0.2, -0.15) is 0 Å². The van der Waals surface area contributed by atoms with Gasteiger partial charge in [-0.25, -0.2) is 4.39 Å². The van der Waals surface area contributed by atoms with Crippen LogP contribution >= 0.6 is 0 Å². The summed E-state index contributed by atoms with van der Waals surface area (Å²) in [6, 6.07) is 10.8. The lowest BCUT2D eigenvalue weighted by Crippen LogP contribution is -2.45. The molecule has 130 valence electrons. The van der Waals surface area contributed by atoms with Gasteiger partial charge in [0.05, 0.1) is 11.2 Å². The largest absolute Gasteiger partial charge is 0.363 e. The molecule has 0 amide bonds. The summed E-state index contributed by atoms with van der Waals surface area (Å²) in [7, 11) is 0. The Morgan fingerprint density at radius 1 is 1.16 bits per heavy atom. The number of anilines is 1. The van der Waals surface area contributed by atoms with Crippen LogP contribution in [0.3, 0.4) is 0 Å². The first-order chi connectivity index (χ1) is 11.8. The molecule has 0 bridgehead atoms. The monoisotopic (exact) mass is 336 g/mol. The number of fused-ring (bicyclic) bond motifs is 1. The zero-order valence-corrected chi connectivity index (χ0v) is 15.6. The van der Waals surface area contributed by atoms with Crippen LogP contribution in [0.2, 0.25) is 0 Å². The third kappa shape index (κ3) is 3.37. The first-order valence-electron chi connectivity index (χ1n) is 8.73. The lowest BCUT2D eigenvalue weighted by molar-refractivity contribution is 0.566. The van der Waals surface area contributed by atoms with Crippen LogP contribution in [0.25, 0.3) is 5.57 Å². The highest BCUT2D eigenvalue weighted by Crippen LogP contribution is 2.39. The molecule has 0 atom stereocenters. The molecule has 0 saturated heterocycles. The molecule has 1 aliphatic heterocycles. The van der Waals surface area contributed by atoms with Crippen molar-refractivity contribution in [3.8, 4) is 0 Å². The standard InChI is InChI=1S/C22H25FN2/c1-6-25-21-10-15(2)17(11-20(21)16(3)13-22(25,4)5)14-24-19-9-7-8-18(23)12-19/h7-14H,6H2,1-5H3. The van der Waals surface area contributed by atoms with Crippen molar-refractivity contribution in [2.75, 3.05) is 11.4 Å². The highest BCUT2D eigenvalue weighted by atomic mass is 19.1. The van der Waals surface area contributed by atoms with Gasteiger partial charge in [0, 0.05) is 24.0 Å². The van der Waals surface area contributed by atoms with Crippen molar-refractivity contribution in [3.05, 3.63) is 65.0 Å². The van der Waals surface area contributed by atoms with Crippen LogP contribution in [-0.4, -0.2) is 18.3 Å². The number of hydrogen-bond donors (Lipinski definition) is 0. The fraction of sp³-hybridized carbons (Fsp3) is 0.318. The number of hydrogen-bond acceptors (Lipinski definition) is 2. The molecule has 1 aliphatic rings. The average molecular weight is 336 g/mol. The minimum absolute atomic E-state index is 0.00937. The van der Waals surface area contributed by atoms with Crippen LogP contribution in [-0.2, 0) is 0 Å². The number of benzene rings is 2. The van der Waals surface area contributed by atoms with Crippen molar-refractivity contribution in [3.63, 3.8) is 0 Å². The number of nitrogens with zero attached hydrogens (tertiary/aromatic N) is 2. The quantitative estimate of drug-likeness (QED) is 0.637. The van der Waals surface area contributed by atoms with Gasteiger partial charge in [-0.1, -0.05) is 12.1 Å². The maximum Gasteiger partial charge on any atom is 0.125 e. The maximum atomic E-state index is 13.3. The second-order valence-corrected chi connectivity index (χ2v) is 7.19. The molecule has 0 N–H and O–H groups in total. The summed E-state index contributed by atoms with van der Waals surface area (Å²) in [6.07, 6.45) is 4.15. The molecule has 0 aromatic heterocycles. The highest BCUT2D eigenvalue weighted by molar-refractivity contribution is 5.90. The highest BCUT2D eigenvalue weighted by Gasteiger charge is 2.30. The first kappa shape index (κ1) is 17.4. The molecular weight excluding hydrogens is 311 g/mol. The Hall–Kier alpha value is -2.42. The van der Waals surface area contributed by atoms with Gasteiger partial charge in [0.25, 0.3) is 0 Å². The molecule has 0 unspecified atom stereocenters. The molecule has 0 spiro atoms. The second-order valence-electron chi connectivity index (χ2n) is 7.19. The number of aliphatic imine (C=N–C) groups is 1. The molecule has 0 saturated carbocycles. The van der Waals surface area contributed by atoms with E-state index in [1.807, 2.05) is 6.21 Å². The average Bonchev–Trinajstić information content (AvgIpc) is 2.53. The molecule has 0 fully saturated rings. The third-order valence-corrected chi connectivity index (χ3v) is 4.84. The lowest BCUT2D eigenvalue weighted by atomic mass is 9.87. The second kappa shape index (κ2) is 6.47. The Balaban J connectivity index is 2.03. The van der Waals surface area contributed by atoms with Crippen molar-refractivity contribution in [2.45, 2.75) is 40.2 Å². The van der Waals surface area contributed by atoms with Crippen molar-refractivity contribution >= 4 is 23.2 Å². The summed E-state index contributed by atoms with van der Waals surface area (Å²) >= 11 is 0. The summed E-state index contributed by atoms with van der Waals surface area (Å²) in [5, 5.41) is 0. The topological polar surface area (TPSA) is 15.6 Å². The predicted octanol–water partition coefficient (Wildman–Crippen LogP) is 5.91. The Kier molecular flexibility index (Phi) is 4.51. The van der Waals surface area contributed by atoms with Crippen molar-refractivity contribution in [2.24, 2.45) is 4.99 Å². The van der Waals surface area contributed by atoms with Crippen molar-refractivity contribution in [1.82, 2.24) is 0 Å². The van der Waals surface area contributed by atoms with E-state index in [-0.39, 0.29) is 11.4 Å². The van der Waals surface area contributed by atoms with Gasteiger partial charge in [0.2, 0.25) is 0 Å². The van der Waals surface area contributed by atoms with Crippen LogP contribution in [0.4, 0.5) is 15.8 Å². The van der Waals surface area contributed by atoms with E-state index in [2.05, 4.69) is 62.7 Å². The lowest BCUT2D eigenvalue weighted by Gasteiger charge is -2.43. The third-order valence-electron chi connectivity index (χ3n) is 4.84. The van der Waals surface area contributed by atoms with E-state index >= 15 is 0 Å². The minimum atomic E-state index is -0.267. The van der Waals surface area contributed by atoms with Crippen LogP contribution in [0.1, 0.15) is 44.4 Å². The van der Waals surface area contributed by atoms with Crippen LogP contribution in [0.15, 0.2) is 47.5 Å². The van der Waals surface area contributed by atoms with E-state index in [1.54, 1.807) is 12.1 Å². The zero-order valence-electron chi connectivity index (χ0n) is 15.6. The van der Waals surface area contributed by atoms with E-state index in [0.717, 1.165) is 12.1 Å². The summed E-state index contributed by atoms with van der Waals surface area (Å²) in [4.78, 5) is 6.87. The Labute approximate surface area is 149 Å². The van der Waals surface area contributed by atoms with Gasteiger partial charge in [0.1, 0.15) is 5.82 Å². The van der Waals surface area contributed by atoms with Gasteiger partial charge < -0.3 is 4.90 Å². The maximum absolute atomic E-state index is 13.3. The molecule has 25 heavy (non-hydrogen) atoms. The van der Waals surface area contributed by atoms with Gasteiger partial charge in [0.15, 0.2) is 0 Å². The number of rotatable bonds is 3. The van der Waals surface area contributed by atoms with Crippen molar-refractivity contribution in [1.29, 1.82) is 0 Å². The Bertz CT molecular complexity index is 862. The Morgan fingerprint density at radius 3 is 2.60 bits per heavy atom. The van der Waals surface area contributed by atoms with Crippen molar-refractivity contribution < 1.29 is 4.39 Å². The molecule has 0 aliphatic carbocycles. The molecule has 3 rings (SSSR count). The van der Waals surface area contributed by atoms with Gasteiger partial charge in [-0.3, -0.25) is 4.99 Å². The molecule has 2 aromatic rings. The summed E-state index contributed by atoms with van der Waals surface area (Å²) in [6.45, 7) is 11.9. The molecule has 2 aromatic carbocycles. The predicted molar refractivity (Wildman–Crippen MR) is 106 cm³/mol. The zero-order chi connectivity index (χ0) is 18.2. The van der Waals surface area contributed by atoms with Crippen LogP contribution < -0.4 is 4.90 Å². The summed E-state index contributed by atoms with van der Waals surface area (Å²) in [5.74, 6) is -0.267. The normalized spacial score (nSPS) is 16.1. The molecule has 1 heterocycles. The van der Waals surface area contributed by atoms with E-state index in [1.165, 1.54) is 34.5 Å². The number of likely N-dealkylation sites (N-methyl/N-ethyl adjacent to an activating group) is 1. The summed E-state index contributed by atoms with van der Waals surface area (Å²) < 4.78 is 13.3. The van der Waals surface area contributed by atoms with Crippen LogP contribution in [0.5, 0.6) is 0 Å². The van der Waals surface area contributed by atoms with Gasteiger partial charge in [-0.05, 0) is 81.7 Å². The molecular formula is C22H25FN2.